The van der Waals surface area contributed by atoms with E-state index in [1.54, 1.807) is 0 Å². The molecule has 0 saturated carbocycles. The first-order valence-corrected chi connectivity index (χ1v) is 8.20. The van der Waals surface area contributed by atoms with E-state index < -0.39 is 10.0 Å². The number of benzene rings is 1. The highest BCUT2D eigenvalue weighted by Crippen LogP contribution is 2.19. The monoisotopic (exact) mass is 294 g/mol. The number of azide groups is 1. The molecule has 1 aromatic rings. The molecule has 0 unspecified atom stereocenters. The largest absolute Gasteiger partial charge is 0.218 e. The molecular formula is C13H18N4O2S. The van der Waals surface area contributed by atoms with E-state index in [4.69, 9.17) is 5.53 Å². The maximum absolute atomic E-state index is 12.3. The van der Waals surface area contributed by atoms with Crippen molar-refractivity contribution < 1.29 is 8.42 Å². The highest BCUT2D eigenvalue weighted by Gasteiger charge is 2.27. The van der Waals surface area contributed by atoms with E-state index >= 15 is 0 Å². The highest BCUT2D eigenvalue weighted by molar-refractivity contribution is 7.88. The van der Waals surface area contributed by atoms with Gasteiger partial charge in [0.15, 0.2) is 0 Å². The standard InChI is InChI=1S/C13H18N4O2S/c1-11-2-4-12(5-3-11)10-20(18,19)17-8-6-13(7-9-17)15-16-14/h2-5,13H,6-10H2,1H3. The van der Waals surface area contributed by atoms with Crippen LogP contribution in [0.5, 0.6) is 0 Å². The van der Waals surface area contributed by atoms with Crippen LogP contribution in [0.25, 0.3) is 10.4 Å². The summed E-state index contributed by atoms with van der Waals surface area (Å²) >= 11 is 0. The molecule has 0 atom stereocenters. The summed E-state index contributed by atoms with van der Waals surface area (Å²) in [6, 6.07) is 7.45. The van der Waals surface area contributed by atoms with Crippen LogP contribution < -0.4 is 0 Å². The van der Waals surface area contributed by atoms with E-state index in [1.165, 1.54) is 4.31 Å². The summed E-state index contributed by atoms with van der Waals surface area (Å²) < 4.78 is 26.2. The number of aryl methyl sites for hydroxylation is 1. The zero-order valence-electron chi connectivity index (χ0n) is 11.4. The molecule has 0 radical (unpaired) electrons. The van der Waals surface area contributed by atoms with Crippen molar-refractivity contribution in [1.82, 2.24) is 4.31 Å². The van der Waals surface area contributed by atoms with Crippen LogP contribution in [-0.4, -0.2) is 31.9 Å². The minimum Gasteiger partial charge on any atom is -0.212 e. The first kappa shape index (κ1) is 14.8. The van der Waals surface area contributed by atoms with Gasteiger partial charge in [-0.05, 0) is 30.9 Å². The van der Waals surface area contributed by atoms with Crippen molar-refractivity contribution in [2.45, 2.75) is 31.6 Å². The Labute approximate surface area is 119 Å². The molecule has 0 bridgehead atoms. The molecule has 1 aromatic carbocycles. The Bertz CT molecular complexity index is 598. The second-order valence-electron chi connectivity index (χ2n) is 5.08. The Morgan fingerprint density at radius 1 is 1.30 bits per heavy atom. The SMILES string of the molecule is Cc1ccc(CS(=O)(=O)N2CCC(N=[N+]=[N-])CC2)cc1. The predicted octanol–water partition coefficient (Wildman–Crippen LogP) is 2.60. The second-order valence-corrected chi connectivity index (χ2v) is 7.05. The molecule has 0 spiro atoms. The van der Waals surface area contributed by atoms with E-state index in [2.05, 4.69) is 10.0 Å². The van der Waals surface area contributed by atoms with Crippen LogP contribution >= 0.6 is 0 Å². The van der Waals surface area contributed by atoms with Gasteiger partial charge in [-0.3, -0.25) is 0 Å². The summed E-state index contributed by atoms with van der Waals surface area (Å²) in [6.07, 6.45) is 1.19. The van der Waals surface area contributed by atoms with Gasteiger partial charge < -0.3 is 0 Å². The summed E-state index contributed by atoms with van der Waals surface area (Å²) in [7, 11) is -3.29. The fourth-order valence-corrected chi connectivity index (χ4v) is 3.86. The van der Waals surface area contributed by atoms with E-state index in [-0.39, 0.29) is 11.8 Å². The lowest BCUT2D eigenvalue weighted by molar-refractivity contribution is 0.319. The average Bonchev–Trinajstić information content (AvgIpc) is 2.42. The van der Waals surface area contributed by atoms with Crippen LogP contribution in [0, 0.1) is 6.92 Å². The summed E-state index contributed by atoms with van der Waals surface area (Å²) in [5.41, 5.74) is 10.3. The topological polar surface area (TPSA) is 86.1 Å². The third-order valence-electron chi connectivity index (χ3n) is 3.50. The van der Waals surface area contributed by atoms with Crippen LogP contribution in [0.3, 0.4) is 0 Å². The van der Waals surface area contributed by atoms with Crippen LogP contribution in [-0.2, 0) is 15.8 Å². The lowest BCUT2D eigenvalue weighted by Crippen LogP contribution is -2.40. The Hall–Kier alpha value is -1.56. The molecule has 1 heterocycles. The zero-order chi connectivity index (χ0) is 14.6. The Morgan fingerprint density at radius 2 is 1.90 bits per heavy atom. The van der Waals surface area contributed by atoms with Crippen molar-refractivity contribution in [3.05, 3.63) is 45.8 Å². The molecular weight excluding hydrogens is 276 g/mol. The van der Waals surface area contributed by atoms with Gasteiger partial charge in [0.25, 0.3) is 0 Å². The zero-order valence-corrected chi connectivity index (χ0v) is 12.3. The number of hydrogen-bond donors (Lipinski definition) is 0. The number of nitrogens with zero attached hydrogens (tertiary/aromatic N) is 4. The first-order valence-electron chi connectivity index (χ1n) is 6.59. The Morgan fingerprint density at radius 3 is 2.45 bits per heavy atom. The molecule has 7 heteroatoms. The summed E-state index contributed by atoms with van der Waals surface area (Å²) in [5, 5.41) is 3.65. The van der Waals surface area contributed by atoms with Gasteiger partial charge in [-0.25, -0.2) is 12.7 Å². The molecule has 108 valence electrons. The van der Waals surface area contributed by atoms with Gasteiger partial charge >= 0.3 is 0 Å². The van der Waals surface area contributed by atoms with Gasteiger partial charge in [-0.15, -0.1) is 0 Å². The summed E-state index contributed by atoms with van der Waals surface area (Å²) in [4.78, 5) is 2.78. The highest BCUT2D eigenvalue weighted by atomic mass is 32.2. The number of sulfonamides is 1. The smallest absolute Gasteiger partial charge is 0.212 e. The van der Waals surface area contributed by atoms with Crippen LogP contribution in [0.2, 0.25) is 0 Å². The molecule has 0 amide bonds. The number of piperidine rings is 1. The van der Waals surface area contributed by atoms with E-state index in [0.717, 1.165) is 11.1 Å². The van der Waals surface area contributed by atoms with Crippen LogP contribution in [0.1, 0.15) is 24.0 Å². The molecule has 1 saturated heterocycles. The molecule has 1 fully saturated rings. The second kappa shape index (κ2) is 6.26. The Balaban J connectivity index is 2.01. The molecule has 20 heavy (non-hydrogen) atoms. The minimum absolute atomic E-state index is 0.0272. The molecule has 0 N–H and O–H groups in total. The molecule has 0 aliphatic carbocycles. The Kier molecular flexibility index (Phi) is 4.65. The van der Waals surface area contributed by atoms with Crippen LogP contribution in [0.4, 0.5) is 0 Å². The predicted molar refractivity (Wildman–Crippen MR) is 77.5 cm³/mol. The third kappa shape index (κ3) is 3.72. The van der Waals surface area contributed by atoms with E-state index in [1.807, 2.05) is 31.2 Å². The van der Waals surface area contributed by atoms with E-state index in [0.29, 0.717) is 25.9 Å². The van der Waals surface area contributed by atoms with Crippen molar-refractivity contribution in [3.63, 3.8) is 0 Å². The number of hydrogen-bond acceptors (Lipinski definition) is 3. The fraction of sp³-hybridized carbons (Fsp3) is 0.538. The molecule has 2 rings (SSSR count). The van der Waals surface area contributed by atoms with Gasteiger partial charge in [0.1, 0.15) is 0 Å². The van der Waals surface area contributed by atoms with Gasteiger partial charge in [-0.2, -0.15) is 0 Å². The maximum Gasteiger partial charge on any atom is 0.218 e. The van der Waals surface area contributed by atoms with E-state index in [9.17, 15) is 8.42 Å². The fourth-order valence-electron chi connectivity index (χ4n) is 2.30. The van der Waals surface area contributed by atoms with Crippen LogP contribution in [0.15, 0.2) is 29.4 Å². The van der Waals surface area contributed by atoms with Gasteiger partial charge in [0, 0.05) is 24.0 Å². The van der Waals surface area contributed by atoms with Crippen molar-refractivity contribution >= 4 is 10.0 Å². The van der Waals surface area contributed by atoms with Crippen molar-refractivity contribution in [2.24, 2.45) is 5.11 Å². The van der Waals surface area contributed by atoms with Crippen molar-refractivity contribution in [2.75, 3.05) is 13.1 Å². The minimum atomic E-state index is -3.29. The van der Waals surface area contributed by atoms with Gasteiger partial charge in [-0.1, -0.05) is 34.9 Å². The van der Waals surface area contributed by atoms with Gasteiger partial charge in [0.05, 0.1) is 5.75 Å². The maximum atomic E-state index is 12.3. The number of rotatable bonds is 4. The lowest BCUT2D eigenvalue weighted by Gasteiger charge is -2.29. The molecule has 6 nitrogen and oxygen atoms in total. The first-order chi connectivity index (χ1) is 9.51. The average molecular weight is 294 g/mol. The third-order valence-corrected chi connectivity index (χ3v) is 5.35. The quantitative estimate of drug-likeness (QED) is 0.485. The summed E-state index contributed by atoms with van der Waals surface area (Å²) in [6.45, 7) is 2.83. The normalized spacial score (nSPS) is 17.6. The van der Waals surface area contributed by atoms with Crippen molar-refractivity contribution in [3.8, 4) is 0 Å². The summed E-state index contributed by atoms with van der Waals surface area (Å²) in [5.74, 6) is 0.0272. The van der Waals surface area contributed by atoms with Gasteiger partial charge in [0.2, 0.25) is 10.0 Å². The molecule has 1 aliphatic heterocycles. The van der Waals surface area contributed by atoms with Crippen molar-refractivity contribution in [1.29, 1.82) is 0 Å². The lowest BCUT2D eigenvalue weighted by atomic mass is 10.1. The molecule has 0 aromatic heterocycles. The molecule has 1 aliphatic rings.